The number of pyridine rings is 1. The number of nitrogens with zero attached hydrogens (tertiary/aromatic N) is 1. The van der Waals surface area contributed by atoms with Gasteiger partial charge in [-0.15, -0.1) is 0 Å². The lowest BCUT2D eigenvalue weighted by atomic mass is 10.1. The summed E-state index contributed by atoms with van der Waals surface area (Å²) in [6, 6.07) is 17.8. The molecule has 0 spiro atoms. The summed E-state index contributed by atoms with van der Waals surface area (Å²) in [5, 5.41) is 0. The van der Waals surface area contributed by atoms with E-state index in [0.29, 0.717) is 17.7 Å². The molecule has 154 valence electrons. The van der Waals surface area contributed by atoms with Crippen LogP contribution in [0.2, 0.25) is 0 Å². The topological polar surface area (TPSA) is 80.3 Å². The highest BCUT2D eigenvalue weighted by Gasteiger charge is 2.10. The zero-order valence-electron chi connectivity index (χ0n) is 16.9. The Kier molecular flexibility index (Phi) is 7.55. The molecule has 2 aromatic carbocycles. The van der Waals surface area contributed by atoms with Crippen molar-refractivity contribution in [3.63, 3.8) is 0 Å². The molecule has 2 amide bonds. The summed E-state index contributed by atoms with van der Waals surface area (Å²) in [4.78, 5) is 28.6. The van der Waals surface area contributed by atoms with E-state index < -0.39 is 5.91 Å². The minimum absolute atomic E-state index is 0.388. The van der Waals surface area contributed by atoms with E-state index in [-0.39, 0.29) is 5.91 Å². The summed E-state index contributed by atoms with van der Waals surface area (Å²) in [7, 11) is 0. The smallest absolute Gasteiger partial charge is 0.269 e. The Morgan fingerprint density at radius 3 is 1.87 bits per heavy atom. The minimum atomic E-state index is -0.394. The Morgan fingerprint density at radius 2 is 1.30 bits per heavy atom. The van der Waals surface area contributed by atoms with Crippen LogP contribution in [-0.4, -0.2) is 23.4 Å². The van der Waals surface area contributed by atoms with Gasteiger partial charge in [-0.1, -0.05) is 31.9 Å². The summed E-state index contributed by atoms with van der Waals surface area (Å²) in [6.45, 7) is 2.80. The second-order valence-corrected chi connectivity index (χ2v) is 6.80. The normalized spacial score (nSPS) is 10.3. The van der Waals surface area contributed by atoms with E-state index in [1.807, 2.05) is 24.3 Å². The van der Waals surface area contributed by atoms with Crippen LogP contribution in [-0.2, 0) is 0 Å². The maximum atomic E-state index is 12.3. The van der Waals surface area contributed by atoms with Gasteiger partial charge in [0.25, 0.3) is 11.8 Å². The molecule has 3 rings (SSSR count). The maximum absolute atomic E-state index is 12.3. The maximum Gasteiger partial charge on any atom is 0.269 e. The van der Waals surface area contributed by atoms with Crippen LogP contribution in [0.5, 0.6) is 5.75 Å². The molecule has 0 radical (unpaired) electrons. The van der Waals surface area contributed by atoms with E-state index in [4.69, 9.17) is 4.74 Å². The van der Waals surface area contributed by atoms with Crippen LogP contribution in [0, 0.1) is 0 Å². The van der Waals surface area contributed by atoms with Gasteiger partial charge in [0, 0.05) is 23.5 Å². The molecular formula is C24H25N3O3. The van der Waals surface area contributed by atoms with Gasteiger partial charge < -0.3 is 4.74 Å². The van der Waals surface area contributed by atoms with Crippen LogP contribution in [0.15, 0.2) is 73.1 Å². The molecule has 0 aliphatic rings. The highest BCUT2D eigenvalue weighted by atomic mass is 16.5. The summed E-state index contributed by atoms with van der Waals surface area (Å²) < 4.78 is 5.64. The number of hydrazine groups is 1. The molecule has 6 heteroatoms. The predicted octanol–water partition coefficient (Wildman–Crippen LogP) is 4.39. The van der Waals surface area contributed by atoms with Gasteiger partial charge in [-0.2, -0.15) is 0 Å². The number of hydrogen-bond acceptors (Lipinski definition) is 4. The van der Waals surface area contributed by atoms with Gasteiger partial charge in [0.15, 0.2) is 0 Å². The average molecular weight is 403 g/mol. The van der Waals surface area contributed by atoms with Gasteiger partial charge in [-0.25, -0.2) is 0 Å². The molecule has 1 aromatic heterocycles. The third kappa shape index (κ3) is 5.91. The van der Waals surface area contributed by atoms with Crippen molar-refractivity contribution in [2.45, 2.75) is 26.2 Å². The molecule has 6 nitrogen and oxygen atoms in total. The quantitative estimate of drug-likeness (QED) is 0.432. The number of amides is 2. The van der Waals surface area contributed by atoms with Crippen molar-refractivity contribution in [2.75, 3.05) is 6.61 Å². The number of benzene rings is 2. The first-order valence-electron chi connectivity index (χ1n) is 10.0. The lowest BCUT2D eigenvalue weighted by molar-refractivity contribution is 0.0846. The van der Waals surface area contributed by atoms with Crippen molar-refractivity contribution in [1.82, 2.24) is 15.8 Å². The van der Waals surface area contributed by atoms with Gasteiger partial charge in [-0.3, -0.25) is 25.4 Å². The first kappa shape index (κ1) is 21.0. The zero-order valence-corrected chi connectivity index (χ0v) is 16.9. The first-order valence-corrected chi connectivity index (χ1v) is 10.0. The Bertz CT molecular complexity index is 955. The number of hydrogen-bond donors (Lipinski definition) is 2. The van der Waals surface area contributed by atoms with Crippen molar-refractivity contribution in [1.29, 1.82) is 0 Å². The number of carbonyl (C=O) groups excluding carboxylic acids is 2. The SMILES string of the molecule is CCCCCOc1ccc(C(=O)NNC(=O)c2ccc(-c3ccncc3)cc2)cc1. The standard InChI is InChI=1S/C24H25N3O3/c1-2-3-4-17-30-22-11-9-21(10-12-22)24(29)27-26-23(28)20-7-5-18(6-8-20)19-13-15-25-16-14-19/h5-16H,2-4,17H2,1H3,(H,26,28)(H,27,29). The van der Waals surface area contributed by atoms with E-state index in [1.54, 1.807) is 48.8 Å². The van der Waals surface area contributed by atoms with E-state index in [2.05, 4.69) is 22.8 Å². The highest BCUT2D eigenvalue weighted by Crippen LogP contribution is 2.18. The lowest BCUT2D eigenvalue weighted by Crippen LogP contribution is -2.41. The van der Waals surface area contributed by atoms with Crippen LogP contribution in [0.3, 0.4) is 0 Å². The molecule has 0 saturated heterocycles. The molecule has 1 heterocycles. The molecule has 30 heavy (non-hydrogen) atoms. The van der Waals surface area contributed by atoms with Crippen molar-refractivity contribution in [3.8, 4) is 16.9 Å². The Labute approximate surface area is 176 Å². The van der Waals surface area contributed by atoms with Crippen LogP contribution in [0.4, 0.5) is 0 Å². The first-order chi connectivity index (χ1) is 14.7. The van der Waals surface area contributed by atoms with Crippen LogP contribution < -0.4 is 15.6 Å². The molecule has 0 fully saturated rings. The van der Waals surface area contributed by atoms with Gasteiger partial charge in [0.1, 0.15) is 5.75 Å². The second-order valence-electron chi connectivity index (χ2n) is 6.80. The summed E-state index contributed by atoms with van der Waals surface area (Å²) in [6.07, 6.45) is 6.72. The third-order valence-corrected chi connectivity index (χ3v) is 4.58. The van der Waals surface area contributed by atoms with Gasteiger partial charge in [-0.05, 0) is 66.1 Å². The monoisotopic (exact) mass is 403 g/mol. The Balaban J connectivity index is 1.50. The van der Waals surface area contributed by atoms with Crippen LogP contribution in [0.25, 0.3) is 11.1 Å². The zero-order chi connectivity index (χ0) is 21.2. The van der Waals surface area contributed by atoms with Crippen molar-refractivity contribution >= 4 is 11.8 Å². The average Bonchev–Trinajstić information content (AvgIpc) is 2.81. The summed E-state index contributed by atoms with van der Waals surface area (Å²) in [5.41, 5.74) is 7.76. The minimum Gasteiger partial charge on any atom is -0.494 e. The van der Waals surface area contributed by atoms with Gasteiger partial charge >= 0.3 is 0 Å². The van der Waals surface area contributed by atoms with Crippen molar-refractivity contribution in [3.05, 3.63) is 84.2 Å². The second kappa shape index (κ2) is 10.8. The molecule has 0 saturated carbocycles. The number of ether oxygens (including phenoxy) is 1. The molecule has 2 N–H and O–H groups in total. The fraction of sp³-hybridized carbons (Fsp3) is 0.208. The van der Waals surface area contributed by atoms with Crippen molar-refractivity contribution < 1.29 is 14.3 Å². The largest absolute Gasteiger partial charge is 0.494 e. The fourth-order valence-corrected chi connectivity index (χ4v) is 2.86. The number of rotatable bonds is 8. The number of carbonyl (C=O) groups is 2. The van der Waals surface area contributed by atoms with Crippen LogP contribution in [0.1, 0.15) is 46.9 Å². The molecule has 0 bridgehead atoms. The highest BCUT2D eigenvalue weighted by molar-refractivity contribution is 5.99. The number of unbranched alkanes of at least 4 members (excludes halogenated alkanes) is 2. The predicted molar refractivity (Wildman–Crippen MR) is 116 cm³/mol. The van der Waals surface area contributed by atoms with E-state index >= 15 is 0 Å². The molecule has 3 aromatic rings. The Morgan fingerprint density at radius 1 is 0.767 bits per heavy atom. The number of aromatic nitrogens is 1. The molecular weight excluding hydrogens is 378 g/mol. The summed E-state index contributed by atoms with van der Waals surface area (Å²) >= 11 is 0. The lowest BCUT2D eigenvalue weighted by Gasteiger charge is -2.09. The van der Waals surface area contributed by atoms with Gasteiger partial charge in [0.05, 0.1) is 6.61 Å². The molecule has 0 unspecified atom stereocenters. The molecule has 0 aliphatic carbocycles. The third-order valence-electron chi connectivity index (χ3n) is 4.58. The Hall–Kier alpha value is -3.67. The molecule has 0 aliphatic heterocycles. The van der Waals surface area contributed by atoms with Crippen LogP contribution >= 0.6 is 0 Å². The van der Waals surface area contributed by atoms with E-state index in [0.717, 1.165) is 36.1 Å². The van der Waals surface area contributed by atoms with E-state index in [9.17, 15) is 9.59 Å². The number of nitrogens with one attached hydrogen (secondary N) is 2. The van der Waals surface area contributed by atoms with E-state index in [1.165, 1.54) is 0 Å². The fourth-order valence-electron chi connectivity index (χ4n) is 2.86. The van der Waals surface area contributed by atoms with Crippen molar-refractivity contribution in [2.24, 2.45) is 0 Å². The summed E-state index contributed by atoms with van der Waals surface area (Å²) in [5.74, 6) is -0.0595. The van der Waals surface area contributed by atoms with Gasteiger partial charge in [0.2, 0.25) is 0 Å². The molecule has 0 atom stereocenters.